The van der Waals surface area contributed by atoms with Gasteiger partial charge in [0, 0.05) is 41.0 Å². The van der Waals surface area contributed by atoms with Crippen molar-refractivity contribution >= 4 is 49.9 Å². The number of sulfonamides is 1. The lowest BCUT2D eigenvalue weighted by Gasteiger charge is -2.40. The molecule has 1 fully saturated rings. The van der Waals surface area contributed by atoms with E-state index in [9.17, 15) is 27.1 Å². The van der Waals surface area contributed by atoms with Crippen molar-refractivity contribution in [3.8, 4) is 0 Å². The average Bonchev–Trinajstić information content (AvgIpc) is 2.70. The molecular weight excluding hydrogens is 449 g/mol. The highest BCUT2D eigenvalue weighted by Crippen LogP contribution is 2.39. The number of nitrogens with one attached hydrogen (secondary N) is 1. The molecule has 0 saturated carbocycles. The fourth-order valence-corrected chi connectivity index (χ4v) is 5.26. The third-order valence-electron chi connectivity index (χ3n) is 5.17. The van der Waals surface area contributed by atoms with E-state index >= 15 is 0 Å². The Morgan fingerprint density at radius 2 is 1.69 bits per heavy atom. The van der Waals surface area contributed by atoms with Gasteiger partial charge < -0.3 is 10.4 Å². The molecule has 2 aromatic rings. The molecule has 0 aliphatic carbocycles. The highest BCUT2D eigenvalue weighted by atomic mass is 35.5. The van der Waals surface area contributed by atoms with Crippen LogP contribution in [0.25, 0.3) is 10.8 Å². The topological polar surface area (TPSA) is 86.7 Å². The molecule has 11 heteroatoms. The number of alkyl halides is 2. The first kappa shape index (κ1) is 22.2. The summed E-state index contributed by atoms with van der Waals surface area (Å²) in [5.41, 5.74) is -2.63. The standard InChI is InChI=1S/C18H18Cl2F2N2O4S/c1-23-16(25)18(21,22)17(26)6-8-24(9-7-17)29(27,28)11-2-3-12-13(10-11)15(20)5-4-14(12)19/h2-5,10,26H,6-9H2,1H3,(H,23,25). The van der Waals surface area contributed by atoms with Gasteiger partial charge in [0.15, 0.2) is 0 Å². The van der Waals surface area contributed by atoms with Crippen LogP contribution < -0.4 is 5.32 Å². The third kappa shape index (κ3) is 3.70. The molecule has 6 nitrogen and oxygen atoms in total. The van der Waals surface area contributed by atoms with Gasteiger partial charge in [-0.05, 0) is 37.1 Å². The van der Waals surface area contributed by atoms with Gasteiger partial charge in [-0.25, -0.2) is 8.42 Å². The first-order chi connectivity index (χ1) is 13.4. The molecule has 0 unspecified atom stereocenters. The van der Waals surface area contributed by atoms with Crippen LogP contribution in [0.4, 0.5) is 8.78 Å². The van der Waals surface area contributed by atoms with E-state index in [1.165, 1.54) is 18.2 Å². The van der Waals surface area contributed by atoms with E-state index in [0.29, 0.717) is 20.8 Å². The SMILES string of the molecule is CNC(=O)C(F)(F)C1(O)CCN(S(=O)(=O)c2ccc3c(Cl)ccc(Cl)c3c2)CC1. The summed E-state index contributed by atoms with van der Waals surface area (Å²) in [5.74, 6) is -5.65. The number of carbonyl (C=O) groups is 1. The van der Waals surface area contributed by atoms with E-state index < -0.39 is 40.3 Å². The van der Waals surface area contributed by atoms with E-state index in [-0.39, 0.29) is 18.0 Å². The van der Waals surface area contributed by atoms with E-state index in [1.54, 1.807) is 12.1 Å². The van der Waals surface area contributed by atoms with Crippen molar-refractivity contribution in [2.45, 2.75) is 29.3 Å². The van der Waals surface area contributed by atoms with Gasteiger partial charge in [-0.2, -0.15) is 13.1 Å². The van der Waals surface area contributed by atoms with Crippen LogP contribution in [0.2, 0.25) is 10.0 Å². The van der Waals surface area contributed by atoms with Gasteiger partial charge >= 0.3 is 5.92 Å². The van der Waals surface area contributed by atoms with Crippen LogP contribution in [-0.2, 0) is 14.8 Å². The van der Waals surface area contributed by atoms with Crippen LogP contribution >= 0.6 is 23.2 Å². The summed E-state index contributed by atoms with van der Waals surface area (Å²) < 4.78 is 55.4. The van der Waals surface area contributed by atoms with Crippen molar-refractivity contribution in [3.05, 3.63) is 40.4 Å². The second-order valence-electron chi connectivity index (χ2n) is 6.83. The molecule has 0 atom stereocenters. The molecule has 29 heavy (non-hydrogen) atoms. The highest BCUT2D eigenvalue weighted by molar-refractivity contribution is 7.89. The van der Waals surface area contributed by atoms with E-state index in [2.05, 4.69) is 0 Å². The summed E-state index contributed by atoms with van der Waals surface area (Å²) in [5, 5.41) is 13.9. The smallest absolute Gasteiger partial charge is 0.352 e. The third-order valence-corrected chi connectivity index (χ3v) is 7.72. The Kier molecular flexibility index (Phi) is 5.83. The molecule has 0 radical (unpaired) electrons. The fraction of sp³-hybridized carbons (Fsp3) is 0.389. The first-order valence-electron chi connectivity index (χ1n) is 8.64. The molecule has 2 N–H and O–H groups in total. The van der Waals surface area contributed by atoms with Crippen molar-refractivity contribution in [2.24, 2.45) is 0 Å². The maximum absolute atomic E-state index is 14.2. The van der Waals surface area contributed by atoms with Crippen LogP contribution in [0.3, 0.4) is 0 Å². The van der Waals surface area contributed by atoms with Crippen molar-refractivity contribution in [2.75, 3.05) is 20.1 Å². The number of halogens is 4. The van der Waals surface area contributed by atoms with Crippen LogP contribution in [0.15, 0.2) is 35.2 Å². The number of carbonyl (C=O) groups excluding carboxylic acids is 1. The number of rotatable bonds is 4. The maximum atomic E-state index is 14.2. The Morgan fingerprint density at radius 1 is 1.14 bits per heavy atom. The molecule has 1 aliphatic rings. The molecule has 0 aromatic heterocycles. The van der Waals surface area contributed by atoms with Crippen LogP contribution in [-0.4, -0.2) is 55.4 Å². The summed E-state index contributed by atoms with van der Waals surface area (Å²) in [6.07, 6.45) is -1.18. The summed E-state index contributed by atoms with van der Waals surface area (Å²) in [4.78, 5) is 11.4. The number of aliphatic hydroxyl groups is 1. The lowest BCUT2D eigenvalue weighted by molar-refractivity contribution is -0.201. The minimum atomic E-state index is -4.04. The van der Waals surface area contributed by atoms with Crippen molar-refractivity contribution in [3.63, 3.8) is 0 Å². The molecule has 1 saturated heterocycles. The summed E-state index contributed by atoms with van der Waals surface area (Å²) in [6, 6.07) is 7.40. The summed E-state index contributed by atoms with van der Waals surface area (Å²) >= 11 is 12.3. The second-order valence-corrected chi connectivity index (χ2v) is 9.58. The number of benzene rings is 2. The second kappa shape index (κ2) is 7.63. The Bertz CT molecular complexity index is 1070. The van der Waals surface area contributed by atoms with E-state index in [1.807, 2.05) is 5.32 Å². The predicted octanol–water partition coefficient (Wildman–Crippen LogP) is 3.04. The normalized spacial score (nSPS) is 18.0. The minimum absolute atomic E-state index is 0.0716. The Balaban J connectivity index is 1.88. The number of hydrogen-bond donors (Lipinski definition) is 2. The molecule has 0 bridgehead atoms. The minimum Gasteiger partial charge on any atom is -0.383 e. The van der Waals surface area contributed by atoms with Gasteiger partial charge in [-0.15, -0.1) is 0 Å². The largest absolute Gasteiger partial charge is 0.383 e. The van der Waals surface area contributed by atoms with Crippen molar-refractivity contribution in [1.29, 1.82) is 0 Å². The quantitative estimate of drug-likeness (QED) is 0.724. The number of hydrogen-bond acceptors (Lipinski definition) is 4. The van der Waals surface area contributed by atoms with Crippen LogP contribution in [0.5, 0.6) is 0 Å². The zero-order valence-corrected chi connectivity index (χ0v) is 17.6. The molecule has 2 aromatic carbocycles. The summed E-state index contributed by atoms with van der Waals surface area (Å²) in [7, 11) is -2.99. The van der Waals surface area contributed by atoms with Gasteiger partial charge in [0.05, 0.1) is 4.90 Å². The fourth-order valence-electron chi connectivity index (χ4n) is 3.34. The van der Waals surface area contributed by atoms with Gasteiger partial charge in [0.1, 0.15) is 5.60 Å². The van der Waals surface area contributed by atoms with E-state index in [0.717, 1.165) is 11.4 Å². The number of fused-ring (bicyclic) bond motifs is 1. The van der Waals surface area contributed by atoms with Crippen LogP contribution in [0, 0.1) is 0 Å². The Morgan fingerprint density at radius 3 is 2.24 bits per heavy atom. The van der Waals surface area contributed by atoms with Crippen molar-refractivity contribution in [1.82, 2.24) is 9.62 Å². The highest BCUT2D eigenvalue weighted by Gasteiger charge is 2.59. The molecule has 3 rings (SSSR count). The Hall–Kier alpha value is -1.52. The van der Waals surface area contributed by atoms with Crippen LogP contribution in [0.1, 0.15) is 12.8 Å². The van der Waals surface area contributed by atoms with Gasteiger partial charge in [0.2, 0.25) is 10.0 Å². The van der Waals surface area contributed by atoms with Gasteiger partial charge in [-0.3, -0.25) is 4.79 Å². The van der Waals surface area contributed by atoms with Gasteiger partial charge in [-0.1, -0.05) is 29.3 Å². The first-order valence-corrected chi connectivity index (χ1v) is 10.8. The molecule has 158 valence electrons. The van der Waals surface area contributed by atoms with E-state index in [4.69, 9.17) is 23.2 Å². The summed E-state index contributed by atoms with van der Waals surface area (Å²) in [6.45, 7) is -0.737. The van der Waals surface area contributed by atoms with Crippen molar-refractivity contribution < 1.29 is 27.1 Å². The number of amides is 1. The predicted molar refractivity (Wildman–Crippen MR) is 106 cm³/mol. The Labute approximate surface area is 176 Å². The molecule has 1 amide bonds. The number of nitrogens with zero attached hydrogens (tertiary/aromatic N) is 1. The lowest BCUT2D eigenvalue weighted by Crippen LogP contribution is -2.61. The molecule has 1 aliphatic heterocycles. The average molecular weight is 467 g/mol. The molecule has 1 heterocycles. The maximum Gasteiger partial charge on any atom is 0.352 e. The van der Waals surface area contributed by atoms with Gasteiger partial charge in [0.25, 0.3) is 5.91 Å². The molecule has 0 spiro atoms. The number of piperidine rings is 1. The lowest BCUT2D eigenvalue weighted by atomic mass is 9.85. The molecular formula is C18H18Cl2F2N2O4S. The zero-order chi connectivity index (χ0) is 21.6. The zero-order valence-electron chi connectivity index (χ0n) is 15.3. The monoisotopic (exact) mass is 466 g/mol.